The van der Waals surface area contributed by atoms with E-state index in [1.54, 1.807) is 22.7 Å². The Morgan fingerprint density at radius 2 is 0.937 bits per heavy atom. The number of benzene rings is 8. The molecule has 0 atom stereocenters. The number of rotatable bonds is 6. The first-order valence-electron chi connectivity index (χ1n) is 20.8. The highest BCUT2D eigenvalue weighted by Gasteiger charge is 2.22. The maximum atomic E-state index is 5.41. The molecule has 0 fully saturated rings. The van der Waals surface area contributed by atoms with Crippen LogP contribution in [0.2, 0.25) is 0 Å². The fraction of sp³-hybridized carbons (Fsp3) is 0. The van der Waals surface area contributed by atoms with Crippen LogP contribution in [0.1, 0.15) is 0 Å². The molecule has 13 rings (SSSR count). The summed E-state index contributed by atoms with van der Waals surface area (Å²) in [7, 11) is 0. The molecule has 0 spiro atoms. The molecule has 0 amide bonds. The van der Waals surface area contributed by atoms with Gasteiger partial charge in [-0.05, 0) is 54.6 Å². The predicted octanol–water partition coefficient (Wildman–Crippen LogP) is 14.8. The zero-order valence-corrected chi connectivity index (χ0v) is 35.1. The Morgan fingerprint density at radius 1 is 0.349 bits per heavy atom. The van der Waals surface area contributed by atoms with E-state index in [-0.39, 0.29) is 0 Å². The molecule has 0 saturated heterocycles. The average molecular weight is 841 g/mol. The van der Waals surface area contributed by atoms with Crippen molar-refractivity contribution in [1.29, 1.82) is 0 Å². The van der Waals surface area contributed by atoms with Crippen molar-refractivity contribution >= 4 is 85.0 Å². The quantitative estimate of drug-likeness (QED) is 0.167. The summed E-state index contributed by atoms with van der Waals surface area (Å²) in [6, 6.07) is 67.8. The average Bonchev–Trinajstić information content (AvgIpc) is 4.04. The Kier molecular flexibility index (Phi) is 8.15. The van der Waals surface area contributed by atoms with E-state index in [2.05, 4.69) is 174 Å². The summed E-state index contributed by atoms with van der Waals surface area (Å²) in [6.45, 7) is 0. The number of hydrogen-bond acceptors (Lipinski definition) is 7. The molecule has 63 heavy (non-hydrogen) atoms. The molecular formula is C55H32N6S2. The molecule has 6 nitrogen and oxygen atoms in total. The normalized spacial score (nSPS) is 11.8. The molecule has 0 aliphatic carbocycles. The topological polar surface area (TPSA) is 69.4 Å². The van der Waals surface area contributed by atoms with Gasteiger partial charge in [-0.2, -0.15) is 0 Å². The van der Waals surface area contributed by atoms with Crippen LogP contribution in [0.4, 0.5) is 0 Å². The number of nitrogens with zero attached hydrogens (tertiary/aromatic N) is 6. The van der Waals surface area contributed by atoms with E-state index < -0.39 is 0 Å². The van der Waals surface area contributed by atoms with E-state index in [0.717, 1.165) is 92.1 Å². The van der Waals surface area contributed by atoms with Gasteiger partial charge >= 0.3 is 0 Å². The Labute approximate surface area is 369 Å². The molecule has 0 unspecified atom stereocenters. The van der Waals surface area contributed by atoms with Gasteiger partial charge in [0.05, 0.1) is 26.9 Å². The summed E-state index contributed by atoms with van der Waals surface area (Å²) in [5.41, 5.74) is 10.1. The summed E-state index contributed by atoms with van der Waals surface area (Å²) < 4.78 is 6.94. The first-order valence-corrected chi connectivity index (χ1v) is 22.5. The number of para-hydroxylation sites is 2. The molecule has 8 aromatic carbocycles. The van der Waals surface area contributed by atoms with Crippen LogP contribution in [-0.2, 0) is 0 Å². The van der Waals surface area contributed by atoms with Crippen LogP contribution < -0.4 is 0 Å². The summed E-state index contributed by atoms with van der Waals surface area (Å²) in [5, 5.41) is 5.59. The fourth-order valence-electron chi connectivity index (χ4n) is 9.06. The van der Waals surface area contributed by atoms with Crippen LogP contribution in [0.5, 0.6) is 0 Å². The third kappa shape index (κ3) is 5.80. The lowest BCUT2D eigenvalue weighted by Gasteiger charge is -2.11. The van der Waals surface area contributed by atoms with Gasteiger partial charge in [0, 0.05) is 74.5 Å². The van der Waals surface area contributed by atoms with Crippen LogP contribution >= 0.6 is 22.7 Å². The number of aromatic nitrogens is 6. The van der Waals surface area contributed by atoms with Gasteiger partial charge in [-0.25, -0.2) is 24.9 Å². The minimum atomic E-state index is 0.618. The van der Waals surface area contributed by atoms with Gasteiger partial charge in [0.2, 0.25) is 0 Å². The van der Waals surface area contributed by atoms with E-state index in [4.69, 9.17) is 24.9 Å². The second-order valence-electron chi connectivity index (χ2n) is 15.6. The van der Waals surface area contributed by atoms with Crippen molar-refractivity contribution in [3.05, 3.63) is 194 Å². The molecule has 0 aliphatic rings. The summed E-state index contributed by atoms with van der Waals surface area (Å²) in [4.78, 5) is 26.5. The van der Waals surface area contributed by atoms with E-state index in [1.807, 2.05) is 24.3 Å². The zero-order valence-electron chi connectivity index (χ0n) is 33.5. The van der Waals surface area contributed by atoms with Crippen LogP contribution in [0, 0.1) is 0 Å². The summed E-state index contributed by atoms with van der Waals surface area (Å²) >= 11 is 3.52. The third-order valence-electron chi connectivity index (χ3n) is 11.9. The number of thiophene rings is 2. The first-order chi connectivity index (χ1) is 31.2. The van der Waals surface area contributed by atoms with Crippen molar-refractivity contribution < 1.29 is 0 Å². The second-order valence-corrected chi connectivity index (χ2v) is 17.7. The van der Waals surface area contributed by atoms with Gasteiger partial charge in [0.1, 0.15) is 0 Å². The molecular weight excluding hydrogens is 809 g/mol. The monoisotopic (exact) mass is 840 g/mol. The highest BCUT2D eigenvalue weighted by molar-refractivity contribution is 7.26. The lowest BCUT2D eigenvalue weighted by molar-refractivity contribution is 1.08. The lowest BCUT2D eigenvalue weighted by atomic mass is 10.0. The van der Waals surface area contributed by atoms with Crippen molar-refractivity contribution in [2.75, 3.05) is 0 Å². The summed E-state index contributed by atoms with van der Waals surface area (Å²) in [5.74, 6) is 2.55. The van der Waals surface area contributed by atoms with Crippen LogP contribution in [0.25, 0.3) is 125 Å². The van der Waals surface area contributed by atoms with E-state index in [9.17, 15) is 0 Å². The smallest absolute Gasteiger partial charge is 0.164 e. The van der Waals surface area contributed by atoms with Crippen molar-refractivity contribution in [2.24, 2.45) is 0 Å². The highest BCUT2D eigenvalue weighted by atomic mass is 32.1. The van der Waals surface area contributed by atoms with Gasteiger partial charge in [0.15, 0.2) is 23.3 Å². The van der Waals surface area contributed by atoms with Crippen LogP contribution in [-0.4, -0.2) is 29.5 Å². The lowest BCUT2D eigenvalue weighted by Crippen LogP contribution is -2.01. The van der Waals surface area contributed by atoms with Crippen molar-refractivity contribution in [1.82, 2.24) is 29.5 Å². The van der Waals surface area contributed by atoms with Crippen molar-refractivity contribution in [3.8, 4) is 62.5 Å². The molecule has 13 aromatic rings. The Hall–Kier alpha value is -7.91. The minimum absolute atomic E-state index is 0.618. The summed E-state index contributed by atoms with van der Waals surface area (Å²) in [6.07, 6.45) is 0. The molecule has 0 N–H and O–H groups in total. The van der Waals surface area contributed by atoms with E-state index >= 15 is 0 Å². The molecule has 0 bridgehead atoms. The second kappa shape index (κ2) is 14.3. The molecule has 0 radical (unpaired) electrons. The van der Waals surface area contributed by atoms with Gasteiger partial charge in [-0.15, -0.1) is 22.7 Å². The molecule has 8 heteroatoms. The zero-order chi connectivity index (χ0) is 41.4. The Balaban J connectivity index is 1.04. The third-order valence-corrected chi connectivity index (χ3v) is 14.2. The fourth-order valence-corrected chi connectivity index (χ4v) is 11.3. The maximum Gasteiger partial charge on any atom is 0.164 e. The van der Waals surface area contributed by atoms with Crippen LogP contribution in [0.3, 0.4) is 0 Å². The standard InChI is InChI=1S/C55H32N6S2/c1-4-16-33(17-5-1)49-51-50(38-23-11-13-28-44(38)63-51)57-53(56-49)35-30-31-45-41(32-35)48-40(25-15-29-46(48)62-45)55-59-52(34-18-6-2-7-19-34)58-54(60-55)39-24-14-27-43-47(39)37-22-10-12-26-42(37)61(43)36-20-8-3-9-21-36/h1-32H. The molecule has 5 heterocycles. The van der Waals surface area contributed by atoms with Crippen molar-refractivity contribution in [3.63, 3.8) is 0 Å². The van der Waals surface area contributed by atoms with Gasteiger partial charge in [-0.3, -0.25) is 0 Å². The van der Waals surface area contributed by atoms with E-state index in [0.29, 0.717) is 23.3 Å². The molecule has 5 aromatic heterocycles. The van der Waals surface area contributed by atoms with Crippen molar-refractivity contribution in [2.45, 2.75) is 0 Å². The first kappa shape index (κ1) is 35.8. The Morgan fingerprint density at radius 3 is 1.73 bits per heavy atom. The molecule has 0 aliphatic heterocycles. The van der Waals surface area contributed by atoms with Gasteiger partial charge in [-0.1, -0.05) is 140 Å². The largest absolute Gasteiger partial charge is 0.309 e. The van der Waals surface area contributed by atoms with Crippen LogP contribution in [0.15, 0.2) is 194 Å². The number of hydrogen-bond donors (Lipinski definition) is 0. The van der Waals surface area contributed by atoms with Gasteiger partial charge in [0.25, 0.3) is 0 Å². The molecule has 0 saturated carbocycles. The minimum Gasteiger partial charge on any atom is -0.309 e. The highest BCUT2D eigenvalue weighted by Crippen LogP contribution is 2.44. The van der Waals surface area contributed by atoms with E-state index in [1.165, 1.54) is 9.40 Å². The number of fused-ring (bicyclic) bond motifs is 9. The SMILES string of the molecule is c1ccc(-c2nc(-c3cccc4sc5ccc(-c6nc(-c7ccccc7)c7sc8ccccc8c7n6)cc5c34)nc(-c3cccc4c3c3ccccc3n4-c3ccccc3)n2)cc1. The maximum absolute atomic E-state index is 5.41. The van der Waals surface area contributed by atoms with Gasteiger partial charge < -0.3 is 4.57 Å². The predicted molar refractivity (Wildman–Crippen MR) is 263 cm³/mol. The molecule has 294 valence electrons. The Bertz CT molecular complexity index is 3910.